The third-order valence-corrected chi connectivity index (χ3v) is 2.91. The van der Waals surface area contributed by atoms with Crippen LogP contribution in [0.5, 0.6) is 0 Å². The first-order valence-corrected chi connectivity index (χ1v) is 4.34. The summed E-state index contributed by atoms with van der Waals surface area (Å²) in [6.07, 6.45) is 4.67. The van der Waals surface area contributed by atoms with E-state index in [0.717, 1.165) is 6.54 Å². The number of likely N-dealkylation sites (N-methyl/N-ethyl adjacent to an activating group) is 1. The van der Waals surface area contributed by atoms with Crippen molar-refractivity contribution in [2.24, 2.45) is 0 Å². The minimum atomic E-state index is 0.248. The predicted octanol–water partition coefficient (Wildman–Crippen LogP) is 0.609. The highest BCUT2D eigenvalue weighted by Gasteiger charge is 2.40. The third-order valence-electron chi connectivity index (χ3n) is 2.91. The summed E-state index contributed by atoms with van der Waals surface area (Å²) in [5.74, 6) is 0. The molecular weight excluding hydrogens is 136 g/mol. The normalized spacial score (nSPS) is 44.3. The van der Waals surface area contributed by atoms with Crippen molar-refractivity contribution < 1.29 is 0 Å². The van der Waals surface area contributed by atoms with Crippen LogP contribution in [0.3, 0.4) is 0 Å². The lowest BCUT2D eigenvalue weighted by Gasteiger charge is -2.37. The molecule has 0 saturated carbocycles. The van der Waals surface area contributed by atoms with Crippen molar-refractivity contribution >= 4 is 0 Å². The minimum Gasteiger partial charge on any atom is -0.303 e. The molecule has 2 nitrogen and oxygen atoms in total. The third kappa shape index (κ3) is 1.10. The van der Waals surface area contributed by atoms with E-state index >= 15 is 0 Å². The standard InChI is InChI=1S/C9H16N2/c1-3-9-5-4-8(10-9)6-11(2)7-9/h3,8,10H,1,4-7H2,2H3. The van der Waals surface area contributed by atoms with Gasteiger partial charge in [-0.05, 0) is 19.9 Å². The van der Waals surface area contributed by atoms with Gasteiger partial charge in [-0.3, -0.25) is 0 Å². The fourth-order valence-corrected chi connectivity index (χ4v) is 2.39. The topological polar surface area (TPSA) is 15.3 Å². The molecule has 2 aliphatic heterocycles. The van der Waals surface area contributed by atoms with Gasteiger partial charge < -0.3 is 10.2 Å². The van der Waals surface area contributed by atoms with Gasteiger partial charge in [0, 0.05) is 24.7 Å². The second-order valence-electron chi connectivity index (χ2n) is 3.94. The monoisotopic (exact) mass is 152 g/mol. The average molecular weight is 152 g/mol. The molecular formula is C9H16N2. The molecule has 0 aromatic heterocycles. The van der Waals surface area contributed by atoms with Crippen molar-refractivity contribution in [3.8, 4) is 0 Å². The van der Waals surface area contributed by atoms with Crippen LogP contribution in [0.1, 0.15) is 12.8 Å². The second-order valence-corrected chi connectivity index (χ2v) is 3.94. The molecule has 0 aromatic carbocycles. The van der Waals surface area contributed by atoms with Crippen molar-refractivity contribution in [2.45, 2.75) is 24.4 Å². The zero-order chi connectivity index (χ0) is 7.90. The van der Waals surface area contributed by atoms with Gasteiger partial charge in [0.05, 0.1) is 0 Å². The van der Waals surface area contributed by atoms with Gasteiger partial charge in [0.2, 0.25) is 0 Å². The maximum absolute atomic E-state index is 3.90. The van der Waals surface area contributed by atoms with E-state index < -0.39 is 0 Å². The van der Waals surface area contributed by atoms with Crippen LogP contribution in [0.25, 0.3) is 0 Å². The van der Waals surface area contributed by atoms with Crippen LogP contribution in [0, 0.1) is 0 Å². The molecule has 2 atom stereocenters. The predicted molar refractivity (Wildman–Crippen MR) is 46.6 cm³/mol. The summed E-state index contributed by atoms with van der Waals surface area (Å²) in [5.41, 5.74) is 0.248. The summed E-state index contributed by atoms with van der Waals surface area (Å²) in [5, 5.41) is 3.62. The maximum atomic E-state index is 3.90. The van der Waals surface area contributed by atoms with Gasteiger partial charge in [-0.15, -0.1) is 6.58 Å². The van der Waals surface area contributed by atoms with E-state index in [1.165, 1.54) is 19.4 Å². The zero-order valence-corrected chi connectivity index (χ0v) is 7.14. The van der Waals surface area contributed by atoms with Gasteiger partial charge in [-0.1, -0.05) is 6.08 Å². The number of nitrogens with zero attached hydrogens (tertiary/aromatic N) is 1. The van der Waals surface area contributed by atoms with Crippen molar-refractivity contribution in [3.63, 3.8) is 0 Å². The maximum Gasteiger partial charge on any atom is 0.0493 e. The Bertz CT molecular complexity index is 178. The Morgan fingerprint density at radius 2 is 2.55 bits per heavy atom. The molecule has 2 bridgehead atoms. The SMILES string of the molecule is C=CC12CCC(CN(C)C1)N2. The molecule has 0 radical (unpaired) electrons. The molecule has 2 unspecified atom stereocenters. The summed E-state index contributed by atoms with van der Waals surface area (Å²) in [6.45, 7) is 6.24. The van der Waals surface area contributed by atoms with Crippen LogP contribution in [-0.4, -0.2) is 36.6 Å². The summed E-state index contributed by atoms with van der Waals surface area (Å²) < 4.78 is 0. The quantitative estimate of drug-likeness (QED) is 0.554. The van der Waals surface area contributed by atoms with Gasteiger partial charge in [-0.25, -0.2) is 0 Å². The molecule has 2 heteroatoms. The van der Waals surface area contributed by atoms with E-state index in [0.29, 0.717) is 6.04 Å². The molecule has 0 aromatic rings. The lowest BCUT2D eigenvalue weighted by Crippen LogP contribution is -2.57. The summed E-state index contributed by atoms with van der Waals surface area (Å²) >= 11 is 0. The molecule has 62 valence electrons. The number of rotatable bonds is 1. The van der Waals surface area contributed by atoms with Crippen LogP contribution >= 0.6 is 0 Å². The minimum absolute atomic E-state index is 0.248. The molecule has 2 aliphatic rings. The van der Waals surface area contributed by atoms with Crippen molar-refractivity contribution in [2.75, 3.05) is 20.1 Å². The molecule has 2 rings (SSSR count). The smallest absolute Gasteiger partial charge is 0.0493 e. The van der Waals surface area contributed by atoms with Crippen molar-refractivity contribution in [1.82, 2.24) is 10.2 Å². The first kappa shape index (κ1) is 7.32. The second kappa shape index (κ2) is 2.32. The highest BCUT2D eigenvalue weighted by atomic mass is 15.2. The molecule has 1 N–H and O–H groups in total. The Hall–Kier alpha value is -0.340. The number of nitrogens with one attached hydrogen (secondary N) is 1. The Morgan fingerprint density at radius 3 is 3.27 bits per heavy atom. The summed E-state index contributed by atoms with van der Waals surface area (Å²) in [7, 11) is 2.19. The molecule has 0 amide bonds. The zero-order valence-electron chi connectivity index (χ0n) is 7.14. The van der Waals surface area contributed by atoms with E-state index in [9.17, 15) is 0 Å². The molecule has 11 heavy (non-hydrogen) atoms. The number of hydrogen-bond acceptors (Lipinski definition) is 2. The first-order valence-electron chi connectivity index (χ1n) is 4.34. The fraction of sp³-hybridized carbons (Fsp3) is 0.778. The molecule has 2 heterocycles. The Balaban J connectivity index is 2.17. The Kier molecular flexibility index (Phi) is 1.55. The van der Waals surface area contributed by atoms with E-state index in [1.807, 2.05) is 0 Å². The van der Waals surface area contributed by atoms with Crippen LogP contribution < -0.4 is 5.32 Å². The van der Waals surface area contributed by atoms with E-state index in [1.54, 1.807) is 0 Å². The number of hydrogen-bond donors (Lipinski definition) is 1. The highest BCUT2D eigenvalue weighted by Crippen LogP contribution is 2.29. The van der Waals surface area contributed by atoms with Gasteiger partial charge in [0.15, 0.2) is 0 Å². The van der Waals surface area contributed by atoms with Gasteiger partial charge >= 0.3 is 0 Å². The Morgan fingerprint density at radius 1 is 1.73 bits per heavy atom. The summed E-state index contributed by atoms with van der Waals surface area (Å²) in [6, 6.07) is 0.715. The number of piperazine rings is 1. The van der Waals surface area contributed by atoms with E-state index in [2.05, 4.69) is 29.9 Å². The van der Waals surface area contributed by atoms with Gasteiger partial charge in [-0.2, -0.15) is 0 Å². The van der Waals surface area contributed by atoms with E-state index in [-0.39, 0.29) is 5.54 Å². The van der Waals surface area contributed by atoms with Gasteiger partial charge in [0.1, 0.15) is 0 Å². The van der Waals surface area contributed by atoms with Gasteiger partial charge in [0.25, 0.3) is 0 Å². The first-order chi connectivity index (χ1) is 5.24. The van der Waals surface area contributed by atoms with Crippen LogP contribution in [-0.2, 0) is 0 Å². The molecule has 2 saturated heterocycles. The molecule has 0 spiro atoms. The number of fused-ring (bicyclic) bond motifs is 2. The molecule has 0 aliphatic carbocycles. The average Bonchev–Trinajstić information content (AvgIpc) is 2.28. The Labute approximate surface area is 68.3 Å². The molecule has 2 fully saturated rings. The lowest BCUT2D eigenvalue weighted by atomic mass is 9.97. The van der Waals surface area contributed by atoms with Crippen LogP contribution in [0.2, 0.25) is 0 Å². The lowest BCUT2D eigenvalue weighted by molar-refractivity contribution is 0.197. The fourth-order valence-electron chi connectivity index (χ4n) is 2.39. The highest BCUT2D eigenvalue weighted by molar-refractivity contribution is 5.13. The van der Waals surface area contributed by atoms with Crippen molar-refractivity contribution in [1.29, 1.82) is 0 Å². The number of likely N-dealkylation sites (tertiary alicyclic amines) is 1. The van der Waals surface area contributed by atoms with E-state index in [4.69, 9.17) is 0 Å². The largest absolute Gasteiger partial charge is 0.303 e. The van der Waals surface area contributed by atoms with Crippen molar-refractivity contribution in [3.05, 3.63) is 12.7 Å². The van der Waals surface area contributed by atoms with Crippen LogP contribution in [0.15, 0.2) is 12.7 Å². The van der Waals surface area contributed by atoms with Crippen LogP contribution in [0.4, 0.5) is 0 Å². The summed E-state index contributed by atoms with van der Waals surface area (Å²) in [4.78, 5) is 2.40.